The van der Waals surface area contributed by atoms with Crippen LogP contribution in [0.2, 0.25) is 0 Å². The van der Waals surface area contributed by atoms with Crippen molar-refractivity contribution in [1.82, 2.24) is 19.9 Å². The van der Waals surface area contributed by atoms with Gasteiger partial charge in [-0.25, -0.2) is 4.98 Å². The maximum Gasteiger partial charge on any atom is 0.265 e. The van der Waals surface area contributed by atoms with Gasteiger partial charge in [-0.05, 0) is 32.8 Å². The number of anilines is 1. The molecule has 0 unspecified atom stereocenters. The van der Waals surface area contributed by atoms with Crippen LogP contribution < -0.4 is 21.5 Å². The number of nitrogens with two attached hydrogens (primary N) is 1. The Labute approximate surface area is 175 Å². The quantitative estimate of drug-likeness (QED) is 0.483. The van der Waals surface area contributed by atoms with Crippen LogP contribution in [0, 0.1) is 12.3 Å². The van der Waals surface area contributed by atoms with Crippen molar-refractivity contribution in [2.24, 2.45) is 0 Å². The van der Waals surface area contributed by atoms with E-state index >= 15 is 0 Å². The second-order valence-electron chi connectivity index (χ2n) is 7.50. The van der Waals surface area contributed by atoms with Crippen LogP contribution in [0.4, 0.5) is 5.95 Å². The lowest BCUT2D eigenvalue weighted by Crippen LogP contribution is -2.77. The van der Waals surface area contributed by atoms with Crippen molar-refractivity contribution >= 4 is 29.1 Å². The number of aryl methyl sites for hydroxylation is 1. The third kappa shape index (κ3) is 4.40. The number of pyridine rings is 1. The SMILES string of the molecule is CC[NH2+]/C=C(\C=N)CNC(=O)c1cc2c(C)nc(NC)nc2n(C2CCCC2)c1=O. The molecule has 0 spiro atoms. The molecule has 0 aromatic carbocycles. The maximum atomic E-state index is 13.4. The highest BCUT2D eigenvalue weighted by molar-refractivity contribution is 5.98. The summed E-state index contributed by atoms with van der Waals surface area (Å²) in [5, 5.41) is 15.8. The van der Waals surface area contributed by atoms with Gasteiger partial charge in [-0.3, -0.25) is 14.2 Å². The number of carbonyl (C=O) groups is 1. The smallest absolute Gasteiger partial charge is 0.265 e. The van der Waals surface area contributed by atoms with E-state index in [1.807, 2.05) is 25.4 Å². The number of hydrogen-bond donors (Lipinski definition) is 4. The van der Waals surface area contributed by atoms with Crippen molar-refractivity contribution in [2.45, 2.75) is 45.6 Å². The predicted molar refractivity (Wildman–Crippen MR) is 117 cm³/mol. The Morgan fingerprint density at radius 1 is 1.37 bits per heavy atom. The Balaban J connectivity index is 2.06. The minimum Gasteiger partial charge on any atom is -0.357 e. The van der Waals surface area contributed by atoms with Gasteiger partial charge < -0.3 is 21.4 Å². The van der Waals surface area contributed by atoms with Gasteiger partial charge in [-0.15, -0.1) is 0 Å². The van der Waals surface area contributed by atoms with Crippen LogP contribution in [0.15, 0.2) is 22.6 Å². The minimum atomic E-state index is -0.449. The molecule has 2 heterocycles. The molecule has 3 rings (SSSR count). The highest BCUT2D eigenvalue weighted by Gasteiger charge is 2.25. The monoisotopic (exact) mass is 412 g/mol. The normalized spacial score (nSPS) is 14.8. The summed E-state index contributed by atoms with van der Waals surface area (Å²) in [4.78, 5) is 35.3. The fraction of sp³-hybridized carbons (Fsp3) is 0.476. The zero-order valence-electron chi connectivity index (χ0n) is 17.8. The summed E-state index contributed by atoms with van der Waals surface area (Å²) in [6, 6.07) is 1.63. The molecule has 1 amide bonds. The van der Waals surface area contributed by atoms with Crippen LogP contribution in [0.25, 0.3) is 11.0 Å². The predicted octanol–water partition coefficient (Wildman–Crippen LogP) is 1.10. The summed E-state index contributed by atoms with van der Waals surface area (Å²) < 4.78 is 1.69. The van der Waals surface area contributed by atoms with E-state index in [9.17, 15) is 9.59 Å². The molecule has 5 N–H and O–H groups in total. The van der Waals surface area contributed by atoms with Gasteiger partial charge in [0.05, 0.1) is 18.4 Å². The first-order valence-corrected chi connectivity index (χ1v) is 10.4. The molecule has 9 nitrogen and oxygen atoms in total. The Hall–Kier alpha value is -3.07. The van der Waals surface area contributed by atoms with Gasteiger partial charge in [0.25, 0.3) is 11.5 Å². The number of rotatable bonds is 8. The number of hydrogen-bond acceptors (Lipinski definition) is 6. The molecule has 0 saturated heterocycles. The number of fused-ring (bicyclic) bond motifs is 1. The number of nitrogens with one attached hydrogen (secondary N) is 3. The Morgan fingerprint density at radius 3 is 2.73 bits per heavy atom. The fourth-order valence-electron chi connectivity index (χ4n) is 3.83. The Morgan fingerprint density at radius 2 is 2.10 bits per heavy atom. The van der Waals surface area contributed by atoms with Crippen LogP contribution in [-0.2, 0) is 0 Å². The van der Waals surface area contributed by atoms with Crippen molar-refractivity contribution < 1.29 is 10.1 Å². The Bertz CT molecular complexity index is 1040. The molecule has 0 bridgehead atoms. The molecule has 1 fully saturated rings. The second-order valence-corrected chi connectivity index (χ2v) is 7.50. The first-order chi connectivity index (χ1) is 14.5. The van der Waals surface area contributed by atoms with Crippen LogP contribution >= 0.6 is 0 Å². The summed E-state index contributed by atoms with van der Waals surface area (Å²) in [7, 11) is 1.74. The molecule has 1 aliphatic carbocycles. The summed E-state index contributed by atoms with van der Waals surface area (Å²) in [6.45, 7) is 4.89. The minimum absolute atomic E-state index is 0.0305. The van der Waals surface area contributed by atoms with E-state index in [0.29, 0.717) is 28.2 Å². The fourth-order valence-corrected chi connectivity index (χ4v) is 3.83. The highest BCUT2D eigenvalue weighted by atomic mass is 16.2. The Kier molecular flexibility index (Phi) is 6.94. The van der Waals surface area contributed by atoms with E-state index in [4.69, 9.17) is 5.41 Å². The zero-order valence-corrected chi connectivity index (χ0v) is 17.8. The molecule has 0 atom stereocenters. The number of nitrogens with zero attached hydrogens (tertiary/aromatic N) is 3. The molecule has 2 aromatic heterocycles. The van der Waals surface area contributed by atoms with Crippen molar-refractivity contribution in [3.05, 3.63) is 39.5 Å². The number of amides is 1. The van der Waals surface area contributed by atoms with E-state index in [2.05, 4.69) is 20.6 Å². The summed E-state index contributed by atoms with van der Waals surface area (Å²) in [5.41, 5.74) is 1.70. The molecule has 0 radical (unpaired) electrons. The maximum absolute atomic E-state index is 13.4. The average molecular weight is 413 g/mol. The van der Waals surface area contributed by atoms with Crippen LogP contribution in [-0.4, -0.2) is 46.8 Å². The molecule has 9 heteroatoms. The molecular weight excluding hydrogens is 382 g/mol. The van der Waals surface area contributed by atoms with Crippen LogP contribution in [0.1, 0.15) is 54.7 Å². The molecule has 0 aliphatic heterocycles. The van der Waals surface area contributed by atoms with Gasteiger partial charge in [0.15, 0.2) is 0 Å². The van der Waals surface area contributed by atoms with E-state index in [1.165, 1.54) is 6.21 Å². The molecule has 30 heavy (non-hydrogen) atoms. The van der Waals surface area contributed by atoms with Gasteiger partial charge in [-0.2, -0.15) is 4.98 Å². The van der Waals surface area contributed by atoms with Gasteiger partial charge >= 0.3 is 0 Å². The van der Waals surface area contributed by atoms with E-state index in [1.54, 1.807) is 17.7 Å². The summed E-state index contributed by atoms with van der Waals surface area (Å²) >= 11 is 0. The zero-order chi connectivity index (χ0) is 21.7. The summed E-state index contributed by atoms with van der Waals surface area (Å²) in [5.74, 6) is 0.00581. The van der Waals surface area contributed by atoms with Crippen molar-refractivity contribution in [3.8, 4) is 0 Å². The van der Waals surface area contributed by atoms with Crippen molar-refractivity contribution in [3.63, 3.8) is 0 Å². The van der Waals surface area contributed by atoms with Gasteiger partial charge in [0.2, 0.25) is 5.95 Å². The first kappa shape index (κ1) is 21.6. The molecule has 1 aliphatic rings. The topological polar surface area (TPSA) is 129 Å². The van der Waals surface area contributed by atoms with Crippen LogP contribution in [0.5, 0.6) is 0 Å². The molecule has 2 aromatic rings. The highest BCUT2D eigenvalue weighted by Crippen LogP contribution is 2.31. The molecule has 160 valence electrons. The van der Waals surface area contributed by atoms with E-state index < -0.39 is 5.91 Å². The third-order valence-corrected chi connectivity index (χ3v) is 5.45. The standard InChI is InChI=1S/C21H29N7O2/c1-4-24-11-14(10-22)12-25-19(29)17-9-16-13(2)26-21(23-3)27-18(16)28(20(17)30)15-7-5-6-8-15/h9-11,15,22,24H,4-8,12H2,1-3H3,(H,25,29)(H,23,26,27)/p+1/b14-11+,22-10?. The van der Waals surface area contributed by atoms with E-state index in [-0.39, 0.29) is 23.7 Å². The molecule has 1 saturated carbocycles. The lowest BCUT2D eigenvalue weighted by atomic mass is 10.1. The van der Waals surface area contributed by atoms with Gasteiger partial charge in [0.1, 0.15) is 11.2 Å². The number of aromatic nitrogens is 3. The summed E-state index contributed by atoms with van der Waals surface area (Å²) in [6.07, 6.45) is 6.92. The number of carbonyl (C=O) groups excluding carboxylic acids is 1. The third-order valence-electron chi connectivity index (χ3n) is 5.45. The first-order valence-electron chi connectivity index (χ1n) is 10.4. The van der Waals surface area contributed by atoms with Crippen molar-refractivity contribution in [1.29, 1.82) is 5.41 Å². The van der Waals surface area contributed by atoms with Crippen molar-refractivity contribution in [2.75, 3.05) is 25.5 Å². The van der Waals surface area contributed by atoms with Gasteiger partial charge in [-0.1, -0.05) is 12.8 Å². The lowest BCUT2D eigenvalue weighted by Gasteiger charge is -2.19. The van der Waals surface area contributed by atoms with E-state index in [0.717, 1.165) is 32.2 Å². The van der Waals surface area contributed by atoms with Crippen LogP contribution in [0.3, 0.4) is 0 Å². The van der Waals surface area contributed by atoms with Gasteiger partial charge in [0, 0.05) is 36.8 Å². The lowest BCUT2D eigenvalue weighted by molar-refractivity contribution is -0.584. The largest absolute Gasteiger partial charge is 0.357 e. The average Bonchev–Trinajstić information content (AvgIpc) is 3.27. The second kappa shape index (κ2) is 9.62. The molecular formula is C21H30N7O2+. The number of quaternary nitrogens is 1.